The molecule has 0 spiro atoms. The summed E-state index contributed by atoms with van der Waals surface area (Å²) in [6, 6.07) is 4.31. The zero-order valence-corrected chi connectivity index (χ0v) is 12.2. The Morgan fingerprint density at radius 1 is 1.18 bits per heavy atom. The fraction of sp³-hybridized carbons (Fsp3) is 0.214. The van der Waals surface area contributed by atoms with Crippen LogP contribution in [0.25, 0.3) is 16.9 Å². The molecule has 2 heterocycles. The van der Waals surface area contributed by atoms with Crippen molar-refractivity contribution in [1.82, 2.24) is 18.7 Å². The van der Waals surface area contributed by atoms with Crippen LogP contribution in [0.2, 0.25) is 0 Å². The second-order valence-corrected chi connectivity index (χ2v) is 4.81. The Hall–Kier alpha value is -2.90. The second kappa shape index (κ2) is 4.83. The van der Waals surface area contributed by atoms with Crippen molar-refractivity contribution in [3.8, 4) is 11.4 Å². The fourth-order valence-corrected chi connectivity index (χ4v) is 2.35. The first-order chi connectivity index (χ1) is 10.5. The highest BCUT2D eigenvalue weighted by Gasteiger charge is 2.16. The van der Waals surface area contributed by atoms with E-state index in [1.807, 2.05) is 0 Å². The first kappa shape index (κ1) is 14.1. The highest BCUT2D eigenvalue weighted by Crippen LogP contribution is 2.21. The van der Waals surface area contributed by atoms with Crippen LogP contribution in [0.4, 0.5) is 4.39 Å². The minimum Gasteiger partial charge on any atom is -0.494 e. The highest BCUT2D eigenvalue weighted by molar-refractivity contribution is 5.72. The Bertz CT molecular complexity index is 1000. The van der Waals surface area contributed by atoms with Gasteiger partial charge in [0.1, 0.15) is 6.33 Å². The Kier molecular flexibility index (Phi) is 3.09. The van der Waals surface area contributed by atoms with Crippen molar-refractivity contribution in [2.75, 3.05) is 7.11 Å². The van der Waals surface area contributed by atoms with Crippen molar-refractivity contribution in [2.24, 2.45) is 14.1 Å². The van der Waals surface area contributed by atoms with Gasteiger partial charge in [0, 0.05) is 20.2 Å². The van der Waals surface area contributed by atoms with Gasteiger partial charge in [-0.2, -0.15) is 0 Å². The van der Waals surface area contributed by atoms with Crippen LogP contribution in [0.3, 0.4) is 0 Å². The molecule has 0 N–H and O–H groups in total. The van der Waals surface area contributed by atoms with Crippen molar-refractivity contribution in [2.45, 2.75) is 0 Å². The van der Waals surface area contributed by atoms with Crippen LogP contribution in [-0.4, -0.2) is 25.8 Å². The lowest BCUT2D eigenvalue weighted by molar-refractivity contribution is 0.386. The molecule has 3 aromatic rings. The summed E-state index contributed by atoms with van der Waals surface area (Å²) in [6.07, 6.45) is 1.38. The summed E-state index contributed by atoms with van der Waals surface area (Å²) in [6.45, 7) is 0. The monoisotopic (exact) mass is 304 g/mol. The predicted molar refractivity (Wildman–Crippen MR) is 78.1 cm³/mol. The molecule has 0 saturated carbocycles. The number of nitrogens with zero attached hydrogens (tertiary/aromatic N) is 4. The summed E-state index contributed by atoms with van der Waals surface area (Å²) in [5, 5.41) is 0. The molecule has 0 bridgehead atoms. The van der Waals surface area contributed by atoms with Crippen LogP contribution in [-0.2, 0) is 14.1 Å². The first-order valence-corrected chi connectivity index (χ1v) is 6.42. The van der Waals surface area contributed by atoms with Crippen molar-refractivity contribution < 1.29 is 9.13 Å². The molecule has 0 fully saturated rings. The van der Waals surface area contributed by atoms with Crippen molar-refractivity contribution in [3.05, 3.63) is 51.2 Å². The Labute approximate surface area is 123 Å². The summed E-state index contributed by atoms with van der Waals surface area (Å²) in [4.78, 5) is 28.3. The molecule has 0 unspecified atom stereocenters. The van der Waals surface area contributed by atoms with Crippen LogP contribution in [0.15, 0.2) is 34.1 Å². The van der Waals surface area contributed by atoms with Gasteiger partial charge in [0.2, 0.25) is 0 Å². The molecule has 0 aliphatic carbocycles. The van der Waals surface area contributed by atoms with Gasteiger partial charge < -0.3 is 4.74 Å². The zero-order chi connectivity index (χ0) is 16.0. The van der Waals surface area contributed by atoms with Gasteiger partial charge in [0.15, 0.2) is 22.7 Å². The number of hydrogen-bond donors (Lipinski definition) is 0. The number of halogens is 1. The van der Waals surface area contributed by atoms with Gasteiger partial charge in [-0.1, -0.05) is 0 Å². The molecule has 0 aliphatic heterocycles. The molecule has 0 saturated heterocycles. The summed E-state index contributed by atoms with van der Waals surface area (Å²) < 4.78 is 22.4. The van der Waals surface area contributed by atoms with Crippen molar-refractivity contribution in [1.29, 1.82) is 0 Å². The normalized spacial score (nSPS) is 11.1. The molecular formula is C14H13FN4O3. The van der Waals surface area contributed by atoms with Crippen molar-refractivity contribution in [3.63, 3.8) is 0 Å². The maximum Gasteiger partial charge on any atom is 0.332 e. The van der Waals surface area contributed by atoms with Crippen LogP contribution in [0.1, 0.15) is 0 Å². The molecule has 2 aromatic heterocycles. The summed E-state index contributed by atoms with van der Waals surface area (Å²) in [5.74, 6) is -0.447. The van der Waals surface area contributed by atoms with Gasteiger partial charge in [0.05, 0.1) is 12.8 Å². The van der Waals surface area contributed by atoms with E-state index < -0.39 is 17.1 Å². The fourth-order valence-electron chi connectivity index (χ4n) is 2.35. The van der Waals surface area contributed by atoms with E-state index in [-0.39, 0.29) is 16.9 Å². The maximum absolute atomic E-state index is 13.9. The molecule has 1 aromatic carbocycles. The predicted octanol–water partition coefficient (Wildman–Crippen LogP) is 0.571. The molecule has 7 nitrogen and oxygen atoms in total. The van der Waals surface area contributed by atoms with Crippen LogP contribution in [0, 0.1) is 5.82 Å². The number of methoxy groups -OCH3 is 1. The lowest BCUT2D eigenvalue weighted by atomic mass is 10.3. The first-order valence-electron chi connectivity index (χ1n) is 6.42. The summed E-state index contributed by atoms with van der Waals surface area (Å²) in [5.41, 5.74) is -0.106. The number of ether oxygens (including phenoxy) is 1. The SMILES string of the molecule is COc1ccc(-n2cnc3c2c(=O)n(C)c(=O)n3C)cc1F. The largest absolute Gasteiger partial charge is 0.494 e. The van der Waals surface area contributed by atoms with Gasteiger partial charge in [-0.25, -0.2) is 14.2 Å². The van der Waals surface area contributed by atoms with Gasteiger partial charge in [-0.15, -0.1) is 0 Å². The van der Waals surface area contributed by atoms with E-state index in [9.17, 15) is 14.0 Å². The number of benzene rings is 1. The quantitative estimate of drug-likeness (QED) is 0.694. The van der Waals surface area contributed by atoms with Crippen LogP contribution < -0.4 is 16.0 Å². The Morgan fingerprint density at radius 3 is 2.55 bits per heavy atom. The second-order valence-electron chi connectivity index (χ2n) is 4.81. The maximum atomic E-state index is 13.9. The number of aromatic nitrogens is 4. The van der Waals surface area contributed by atoms with Crippen LogP contribution in [0.5, 0.6) is 5.75 Å². The number of aryl methyl sites for hydroxylation is 1. The molecule has 0 radical (unpaired) electrons. The summed E-state index contributed by atoms with van der Waals surface area (Å²) in [7, 11) is 4.28. The highest BCUT2D eigenvalue weighted by atomic mass is 19.1. The Morgan fingerprint density at radius 2 is 1.91 bits per heavy atom. The van der Waals surface area contributed by atoms with Gasteiger partial charge >= 0.3 is 5.69 Å². The zero-order valence-electron chi connectivity index (χ0n) is 12.2. The Balaban J connectivity index is 2.36. The van der Waals surface area contributed by atoms with Gasteiger partial charge in [0.25, 0.3) is 5.56 Å². The minimum atomic E-state index is -0.552. The van der Waals surface area contributed by atoms with E-state index in [1.54, 1.807) is 6.07 Å². The molecule has 3 rings (SSSR count). The third-order valence-electron chi connectivity index (χ3n) is 3.56. The van der Waals surface area contributed by atoms with E-state index in [0.29, 0.717) is 5.69 Å². The van der Waals surface area contributed by atoms with E-state index in [4.69, 9.17) is 4.74 Å². The molecule has 0 amide bonds. The molecule has 114 valence electrons. The third kappa shape index (κ3) is 1.84. The average Bonchev–Trinajstić information content (AvgIpc) is 2.95. The lowest BCUT2D eigenvalue weighted by Crippen LogP contribution is -2.37. The topological polar surface area (TPSA) is 71.1 Å². The van der Waals surface area contributed by atoms with E-state index in [0.717, 1.165) is 4.57 Å². The molecule has 22 heavy (non-hydrogen) atoms. The molecule has 8 heteroatoms. The number of fused-ring (bicyclic) bond motifs is 1. The van der Waals surface area contributed by atoms with Crippen molar-refractivity contribution >= 4 is 11.2 Å². The molecular weight excluding hydrogens is 291 g/mol. The summed E-state index contributed by atoms with van der Waals surface area (Å²) >= 11 is 0. The third-order valence-corrected chi connectivity index (χ3v) is 3.56. The molecule has 0 aliphatic rings. The van der Waals surface area contributed by atoms with E-state index in [2.05, 4.69) is 4.98 Å². The number of hydrogen-bond acceptors (Lipinski definition) is 4. The van der Waals surface area contributed by atoms with Gasteiger partial charge in [-0.05, 0) is 12.1 Å². The number of rotatable bonds is 2. The van der Waals surface area contributed by atoms with Gasteiger partial charge in [-0.3, -0.25) is 18.5 Å². The van der Waals surface area contributed by atoms with E-state index >= 15 is 0 Å². The minimum absolute atomic E-state index is 0.105. The number of imidazole rings is 1. The van der Waals surface area contributed by atoms with E-state index in [1.165, 1.54) is 48.8 Å². The standard InChI is InChI=1S/C14H13FN4O3/c1-17-12-11(13(20)18(2)14(17)21)19(7-16-12)8-4-5-10(22-3)9(15)6-8/h4-7H,1-3H3. The average molecular weight is 304 g/mol. The smallest absolute Gasteiger partial charge is 0.332 e. The molecule has 0 atom stereocenters. The lowest BCUT2D eigenvalue weighted by Gasteiger charge is -2.08. The van der Waals surface area contributed by atoms with Crippen LogP contribution >= 0.6 is 0 Å².